The fourth-order valence-corrected chi connectivity index (χ4v) is 4.81. The number of aromatic nitrogens is 4. The van der Waals surface area contributed by atoms with E-state index in [0.717, 1.165) is 19.3 Å². The highest BCUT2D eigenvalue weighted by atomic mass is 19.1. The molecular weight excluding hydrogens is 535 g/mol. The minimum atomic E-state index is -1.46. The fourth-order valence-electron chi connectivity index (χ4n) is 4.81. The van der Waals surface area contributed by atoms with Gasteiger partial charge in [-0.15, -0.1) is 0 Å². The highest BCUT2D eigenvalue weighted by molar-refractivity contribution is 5.82. The smallest absolute Gasteiger partial charge is 0.347 e. The third-order valence-corrected chi connectivity index (χ3v) is 7.68. The Morgan fingerprint density at radius 3 is 2.54 bits per heavy atom. The predicted molar refractivity (Wildman–Crippen MR) is 151 cm³/mol. The van der Waals surface area contributed by atoms with Gasteiger partial charge in [-0.3, -0.25) is 19.1 Å². The monoisotopic (exact) mass is 580 g/mol. The molecular formula is C28H45FN6O6. The number of hydrogen-bond donors (Lipinski definition) is 3. The van der Waals surface area contributed by atoms with Crippen LogP contribution in [0.2, 0.25) is 0 Å². The number of H-pyrrole nitrogens is 1. The first-order valence-corrected chi connectivity index (χ1v) is 14.8. The van der Waals surface area contributed by atoms with E-state index < -0.39 is 48.1 Å². The lowest BCUT2D eigenvalue weighted by Gasteiger charge is -2.22. The second kappa shape index (κ2) is 15.8. The quantitative estimate of drug-likeness (QED) is 0.185. The van der Waals surface area contributed by atoms with Gasteiger partial charge in [0, 0.05) is 6.42 Å². The first-order chi connectivity index (χ1) is 19.7. The van der Waals surface area contributed by atoms with Crippen molar-refractivity contribution >= 4 is 29.1 Å². The highest BCUT2D eigenvalue weighted by Gasteiger charge is 2.39. The normalized spacial score (nSPS) is 21.0. The van der Waals surface area contributed by atoms with E-state index in [4.69, 9.17) is 25.7 Å². The molecule has 230 valence electrons. The zero-order valence-corrected chi connectivity index (χ0v) is 24.4. The van der Waals surface area contributed by atoms with Crippen molar-refractivity contribution in [3.63, 3.8) is 0 Å². The summed E-state index contributed by atoms with van der Waals surface area (Å²) in [6.07, 6.45) is 6.30. The second-order valence-corrected chi connectivity index (χ2v) is 10.9. The van der Waals surface area contributed by atoms with E-state index in [1.54, 1.807) is 0 Å². The maximum atomic E-state index is 14.9. The van der Waals surface area contributed by atoms with Crippen molar-refractivity contribution in [3.8, 4) is 0 Å². The number of nitrogen functional groups attached to an aromatic ring is 1. The zero-order chi connectivity index (χ0) is 29.9. The van der Waals surface area contributed by atoms with Crippen molar-refractivity contribution < 1.29 is 28.2 Å². The molecule has 0 radical (unpaired) electrons. The molecule has 12 nitrogen and oxygen atoms in total. The number of nitrogens with zero attached hydrogens (tertiary/aromatic N) is 3. The molecule has 13 heteroatoms. The molecule has 0 bridgehead atoms. The summed E-state index contributed by atoms with van der Waals surface area (Å²) in [5.74, 6) is -1.63. The van der Waals surface area contributed by atoms with E-state index in [1.807, 2.05) is 13.8 Å². The number of unbranched alkanes of at least 4 members (excludes halogenated alkanes) is 7. The number of fused-ring (bicyclic) bond motifs is 1. The summed E-state index contributed by atoms with van der Waals surface area (Å²) >= 11 is 0. The molecule has 2 unspecified atom stereocenters. The molecule has 41 heavy (non-hydrogen) atoms. The van der Waals surface area contributed by atoms with Gasteiger partial charge in [0.15, 0.2) is 17.3 Å². The molecule has 0 spiro atoms. The SMILES string of the molecule is CCCCCCCCCCC(OC(=O)[C@@H](N)[C@@H](C)CC)C(=O)OC[C@H]1O[C@@H](n2cnc3c(=O)[nH]c(N)nc32)CC1F. The molecule has 3 heterocycles. The summed E-state index contributed by atoms with van der Waals surface area (Å²) in [5.41, 5.74) is 11.4. The van der Waals surface area contributed by atoms with Crippen LogP contribution in [0.4, 0.5) is 10.3 Å². The standard InChI is InChI=1S/C28H45FN6O6/c1-4-6-7-8-9-10-11-12-13-19(41-27(38)22(30)17(3)5-2)26(37)39-15-20-18(29)14-21(40-20)35-16-32-23-24(35)33-28(31)34-25(23)36/h16-22H,4-15,30H2,1-3H3,(H3,31,33,34,36)/t17-,18?,19?,20+,21+,22-/m0/s1. The first-order valence-electron chi connectivity index (χ1n) is 14.8. The van der Waals surface area contributed by atoms with Crippen LogP contribution >= 0.6 is 0 Å². The van der Waals surface area contributed by atoms with Crippen molar-refractivity contribution in [2.24, 2.45) is 11.7 Å². The van der Waals surface area contributed by atoms with Crippen LogP contribution in [0, 0.1) is 5.92 Å². The molecule has 0 amide bonds. The number of aromatic amines is 1. The summed E-state index contributed by atoms with van der Waals surface area (Å²) in [6.45, 7) is 5.57. The number of halogens is 1. The summed E-state index contributed by atoms with van der Waals surface area (Å²) in [6, 6.07) is -0.858. The number of anilines is 1. The Bertz CT molecular complexity index is 1190. The van der Waals surface area contributed by atoms with Gasteiger partial charge in [0.05, 0.1) is 6.33 Å². The summed E-state index contributed by atoms with van der Waals surface area (Å²) < 4.78 is 33.1. The molecule has 0 aromatic carbocycles. The highest BCUT2D eigenvalue weighted by Crippen LogP contribution is 2.32. The number of rotatable bonds is 17. The number of imidazole rings is 1. The Hall–Kier alpha value is -3.06. The van der Waals surface area contributed by atoms with Crippen LogP contribution in [0.25, 0.3) is 11.2 Å². The van der Waals surface area contributed by atoms with E-state index >= 15 is 0 Å². The van der Waals surface area contributed by atoms with Gasteiger partial charge in [-0.1, -0.05) is 72.1 Å². The number of nitrogens with two attached hydrogens (primary N) is 2. The van der Waals surface area contributed by atoms with Gasteiger partial charge >= 0.3 is 11.9 Å². The lowest BCUT2D eigenvalue weighted by Crippen LogP contribution is -2.42. The number of carbonyl (C=O) groups is 2. The number of carbonyl (C=O) groups excluding carboxylic acids is 2. The average molecular weight is 581 g/mol. The molecule has 6 atom stereocenters. The number of ether oxygens (including phenoxy) is 3. The molecule has 5 N–H and O–H groups in total. The lowest BCUT2D eigenvalue weighted by molar-refractivity contribution is -0.173. The Morgan fingerprint density at radius 2 is 1.85 bits per heavy atom. The molecule has 1 fully saturated rings. The van der Waals surface area contributed by atoms with E-state index in [0.29, 0.717) is 19.3 Å². The molecule has 0 saturated carbocycles. The second-order valence-electron chi connectivity index (χ2n) is 10.9. The molecule has 1 aliphatic heterocycles. The predicted octanol–water partition coefficient (Wildman–Crippen LogP) is 3.69. The minimum Gasteiger partial charge on any atom is -0.460 e. The topological polar surface area (TPSA) is 177 Å². The Morgan fingerprint density at radius 1 is 1.17 bits per heavy atom. The summed E-state index contributed by atoms with van der Waals surface area (Å²) in [4.78, 5) is 48.2. The molecule has 2 aromatic heterocycles. The van der Waals surface area contributed by atoms with Crippen molar-refractivity contribution in [2.75, 3.05) is 12.3 Å². The van der Waals surface area contributed by atoms with Gasteiger partial charge in [-0.2, -0.15) is 4.98 Å². The van der Waals surface area contributed by atoms with Crippen LogP contribution in [0.1, 0.15) is 97.6 Å². The van der Waals surface area contributed by atoms with Crippen LogP contribution in [-0.2, 0) is 23.8 Å². The molecule has 1 saturated heterocycles. The first kappa shape index (κ1) is 32.5. The summed E-state index contributed by atoms with van der Waals surface area (Å²) in [7, 11) is 0. The maximum absolute atomic E-state index is 14.9. The average Bonchev–Trinajstić information content (AvgIpc) is 3.54. The van der Waals surface area contributed by atoms with Gasteiger partial charge < -0.3 is 25.7 Å². The van der Waals surface area contributed by atoms with Crippen molar-refractivity contribution in [2.45, 2.75) is 122 Å². The number of alkyl halides is 1. The van der Waals surface area contributed by atoms with Crippen LogP contribution < -0.4 is 17.0 Å². The van der Waals surface area contributed by atoms with E-state index in [2.05, 4.69) is 21.9 Å². The number of esters is 2. The maximum Gasteiger partial charge on any atom is 0.347 e. The van der Waals surface area contributed by atoms with Crippen LogP contribution in [0.15, 0.2) is 11.1 Å². The van der Waals surface area contributed by atoms with Crippen molar-refractivity contribution in [1.29, 1.82) is 0 Å². The number of hydrogen-bond acceptors (Lipinski definition) is 10. The fraction of sp³-hybridized carbons (Fsp3) is 0.750. The van der Waals surface area contributed by atoms with Gasteiger partial charge in [-0.25, -0.2) is 14.2 Å². The van der Waals surface area contributed by atoms with Gasteiger partial charge in [0.25, 0.3) is 5.56 Å². The van der Waals surface area contributed by atoms with Gasteiger partial charge in [-0.05, 0) is 18.8 Å². The van der Waals surface area contributed by atoms with Gasteiger partial charge in [0.1, 0.15) is 31.2 Å². The van der Waals surface area contributed by atoms with Crippen LogP contribution in [-0.4, -0.2) is 62.5 Å². The Balaban J connectivity index is 1.57. The summed E-state index contributed by atoms with van der Waals surface area (Å²) in [5, 5.41) is 0. The third-order valence-electron chi connectivity index (χ3n) is 7.68. The minimum absolute atomic E-state index is 0.0503. The zero-order valence-electron chi connectivity index (χ0n) is 24.4. The van der Waals surface area contributed by atoms with Crippen molar-refractivity contribution in [1.82, 2.24) is 19.5 Å². The van der Waals surface area contributed by atoms with Crippen LogP contribution in [0.5, 0.6) is 0 Å². The number of nitrogens with one attached hydrogen (secondary N) is 1. The molecule has 2 aromatic rings. The Kier molecular flexibility index (Phi) is 12.5. The van der Waals surface area contributed by atoms with Crippen LogP contribution in [0.3, 0.4) is 0 Å². The van der Waals surface area contributed by atoms with Gasteiger partial charge in [0.2, 0.25) is 5.95 Å². The van der Waals surface area contributed by atoms with E-state index in [-0.39, 0.29) is 36.1 Å². The molecule has 0 aliphatic carbocycles. The molecule has 1 aliphatic rings. The Labute approximate surface area is 239 Å². The van der Waals surface area contributed by atoms with E-state index in [1.165, 1.54) is 36.6 Å². The third kappa shape index (κ3) is 8.96. The molecule has 3 rings (SSSR count). The van der Waals surface area contributed by atoms with Crippen molar-refractivity contribution in [3.05, 3.63) is 16.7 Å². The lowest BCUT2D eigenvalue weighted by atomic mass is 10.0. The van der Waals surface area contributed by atoms with E-state index in [9.17, 15) is 18.8 Å². The largest absolute Gasteiger partial charge is 0.460 e.